The van der Waals surface area contributed by atoms with Crippen LogP contribution in [0.3, 0.4) is 0 Å². The molecule has 1 saturated heterocycles. The van der Waals surface area contributed by atoms with E-state index >= 15 is 0 Å². The Bertz CT molecular complexity index is 680. The summed E-state index contributed by atoms with van der Waals surface area (Å²) >= 11 is 5.92. The van der Waals surface area contributed by atoms with Crippen molar-refractivity contribution in [3.63, 3.8) is 0 Å². The third kappa shape index (κ3) is 4.46. The number of hydrogen-bond donors (Lipinski definition) is 1. The van der Waals surface area contributed by atoms with Crippen LogP contribution in [0.4, 0.5) is 11.4 Å². The first kappa shape index (κ1) is 16.7. The summed E-state index contributed by atoms with van der Waals surface area (Å²) in [4.78, 5) is 12.7. The highest BCUT2D eigenvalue weighted by molar-refractivity contribution is 6.30. The first-order valence-electron chi connectivity index (χ1n) is 8.08. The van der Waals surface area contributed by atoms with Gasteiger partial charge in [0.25, 0.3) is 5.69 Å². The number of nitro groups is 1. The van der Waals surface area contributed by atoms with E-state index in [4.69, 9.17) is 11.6 Å². The predicted octanol–water partition coefficient (Wildman–Crippen LogP) is 4.32. The van der Waals surface area contributed by atoms with Crippen molar-refractivity contribution in [1.29, 1.82) is 0 Å². The van der Waals surface area contributed by atoms with E-state index in [1.54, 1.807) is 12.1 Å². The molecule has 1 N–H and O–H groups in total. The molecular formula is C18H20ClN3O2. The zero-order valence-corrected chi connectivity index (χ0v) is 14.1. The van der Waals surface area contributed by atoms with Gasteiger partial charge in [0.2, 0.25) is 0 Å². The molecule has 2 aromatic rings. The summed E-state index contributed by atoms with van der Waals surface area (Å²) in [6.45, 7) is 3.02. The largest absolute Gasteiger partial charge is 0.382 e. The molecule has 126 valence electrons. The molecule has 1 heterocycles. The summed E-state index contributed by atoms with van der Waals surface area (Å²) in [5.41, 5.74) is 2.34. The van der Waals surface area contributed by atoms with Gasteiger partial charge in [-0.05, 0) is 42.7 Å². The van der Waals surface area contributed by atoms with Gasteiger partial charge in [-0.25, -0.2) is 0 Å². The van der Waals surface area contributed by atoms with Gasteiger partial charge in [0.05, 0.1) is 4.92 Å². The minimum absolute atomic E-state index is 0.123. The van der Waals surface area contributed by atoms with E-state index in [0.717, 1.165) is 43.2 Å². The van der Waals surface area contributed by atoms with Crippen LogP contribution in [-0.4, -0.2) is 29.0 Å². The number of nitro benzene ring substituents is 1. The number of hydrogen-bond acceptors (Lipinski definition) is 4. The maximum atomic E-state index is 10.7. The van der Waals surface area contributed by atoms with Crippen molar-refractivity contribution in [3.8, 4) is 0 Å². The lowest BCUT2D eigenvalue weighted by atomic mass is 10.0. The second kappa shape index (κ2) is 7.64. The van der Waals surface area contributed by atoms with Crippen molar-refractivity contribution in [2.75, 3.05) is 18.4 Å². The number of anilines is 1. The molecule has 5 nitrogen and oxygen atoms in total. The van der Waals surface area contributed by atoms with E-state index in [0.29, 0.717) is 6.04 Å². The molecule has 0 amide bonds. The Hall–Kier alpha value is -2.11. The first-order valence-corrected chi connectivity index (χ1v) is 8.46. The molecule has 0 spiro atoms. The zero-order chi connectivity index (χ0) is 16.9. The van der Waals surface area contributed by atoms with Gasteiger partial charge < -0.3 is 5.32 Å². The van der Waals surface area contributed by atoms with Crippen molar-refractivity contribution < 1.29 is 4.92 Å². The monoisotopic (exact) mass is 345 g/mol. The third-order valence-electron chi connectivity index (χ3n) is 4.36. The lowest BCUT2D eigenvalue weighted by Gasteiger charge is -2.32. The summed E-state index contributed by atoms with van der Waals surface area (Å²) in [5, 5.41) is 14.9. The van der Waals surface area contributed by atoms with E-state index in [-0.39, 0.29) is 10.6 Å². The normalized spacial score (nSPS) is 16.0. The number of non-ortho nitro benzene ring substituents is 1. The van der Waals surface area contributed by atoms with Gasteiger partial charge in [-0.15, -0.1) is 0 Å². The third-order valence-corrected chi connectivity index (χ3v) is 4.61. The summed E-state index contributed by atoms with van der Waals surface area (Å²) in [5.74, 6) is 0. The first-order chi connectivity index (χ1) is 11.6. The van der Waals surface area contributed by atoms with Crippen LogP contribution in [-0.2, 0) is 6.54 Å². The van der Waals surface area contributed by atoms with Gasteiger partial charge in [0, 0.05) is 48.5 Å². The Morgan fingerprint density at radius 2 is 1.71 bits per heavy atom. The van der Waals surface area contributed by atoms with Crippen LogP contribution < -0.4 is 5.32 Å². The molecule has 0 aromatic heterocycles. The molecule has 1 fully saturated rings. The predicted molar refractivity (Wildman–Crippen MR) is 96.5 cm³/mol. The van der Waals surface area contributed by atoms with Crippen LogP contribution in [0.2, 0.25) is 5.02 Å². The maximum absolute atomic E-state index is 10.7. The van der Waals surface area contributed by atoms with E-state index in [9.17, 15) is 10.1 Å². The van der Waals surface area contributed by atoms with Crippen molar-refractivity contribution in [1.82, 2.24) is 4.90 Å². The summed E-state index contributed by atoms with van der Waals surface area (Å²) in [6.07, 6.45) is 2.12. The van der Waals surface area contributed by atoms with Crippen molar-refractivity contribution in [3.05, 3.63) is 69.2 Å². The average molecular weight is 346 g/mol. The highest BCUT2D eigenvalue weighted by Crippen LogP contribution is 2.21. The number of halogens is 1. The molecule has 0 radical (unpaired) electrons. The maximum Gasteiger partial charge on any atom is 0.269 e. The molecule has 0 aliphatic carbocycles. The van der Waals surface area contributed by atoms with Gasteiger partial charge in [-0.2, -0.15) is 0 Å². The van der Waals surface area contributed by atoms with Gasteiger partial charge in [0.1, 0.15) is 0 Å². The van der Waals surface area contributed by atoms with E-state index in [2.05, 4.69) is 22.3 Å². The number of rotatable bonds is 5. The highest BCUT2D eigenvalue weighted by atomic mass is 35.5. The van der Waals surface area contributed by atoms with Crippen LogP contribution in [0.25, 0.3) is 0 Å². The van der Waals surface area contributed by atoms with Gasteiger partial charge >= 0.3 is 0 Å². The molecule has 0 bridgehead atoms. The molecule has 0 unspecified atom stereocenters. The number of piperidine rings is 1. The fraction of sp³-hybridized carbons (Fsp3) is 0.333. The topological polar surface area (TPSA) is 58.4 Å². The molecule has 0 saturated carbocycles. The Labute approximate surface area is 146 Å². The molecule has 1 aliphatic heterocycles. The SMILES string of the molecule is O=[N+]([O-])c1ccc(NC2CCN(Cc3ccc(Cl)cc3)CC2)cc1. The van der Waals surface area contributed by atoms with Gasteiger partial charge in [-0.1, -0.05) is 23.7 Å². The van der Waals surface area contributed by atoms with Crippen LogP contribution in [0.1, 0.15) is 18.4 Å². The fourth-order valence-electron chi connectivity index (χ4n) is 3.00. The summed E-state index contributed by atoms with van der Waals surface area (Å²) in [6, 6.07) is 15.0. The second-order valence-electron chi connectivity index (χ2n) is 6.13. The molecule has 1 aliphatic rings. The summed E-state index contributed by atoms with van der Waals surface area (Å²) in [7, 11) is 0. The van der Waals surface area contributed by atoms with Crippen LogP contribution >= 0.6 is 11.6 Å². The fourth-order valence-corrected chi connectivity index (χ4v) is 3.12. The number of nitrogens with one attached hydrogen (secondary N) is 1. The highest BCUT2D eigenvalue weighted by Gasteiger charge is 2.19. The molecule has 0 atom stereocenters. The van der Waals surface area contributed by atoms with Crippen molar-refractivity contribution >= 4 is 23.0 Å². The zero-order valence-electron chi connectivity index (χ0n) is 13.3. The van der Waals surface area contributed by atoms with E-state index < -0.39 is 0 Å². The van der Waals surface area contributed by atoms with Gasteiger partial charge in [0.15, 0.2) is 0 Å². The number of benzene rings is 2. The number of nitrogens with zero attached hydrogens (tertiary/aromatic N) is 2. The Balaban J connectivity index is 1.48. The Morgan fingerprint density at radius 3 is 2.29 bits per heavy atom. The molecular weight excluding hydrogens is 326 g/mol. The van der Waals surface area contributed by atoms with Crippen LogP contribution in [0, 0.1) is 10.1 Å². The summed E-state index contributed by atoms with van der Waals surface area (Å²) < 4.78 is 0. The molecule has 3 rings (SSSR count). The smallest absolute Gasteiger partial charge is 0.269 e. The average Bonchev–Trinajstić information content (AvgIpc) is 2.59. The van der Waals surface area contributed by atoms with E-state index in [1.165, 1.54) is 17.7 Å². The lowest BCUT2D eigenvalue weighted by molar-refractivity contribution is -0.384. The Kier molecular flexibility index (Phi) is 5.33. The van der Waals surface area contributed by atoms with Gasteiger partial charge in [-0.3, -0.25) is 15.0 Å². The molecule has 2 aromatic carbocycles. The minimum atomic E-state index is -0.376. The van der Waals surface area contributed by atoms with Crippen molar-refractivity contribution in [2.45, 2.75) is 25.4 Å². The molecule has 6 heteroatoms. The lowest BCUT2D eigenvalue weighted by Crippen LogP contribution is -2.38. The minimum Gasteiger partial charge on any atom is -0.382 e. The van der Waals surface area contributed by atoms with Crippen LogP contribution in [0.15, 0.2) is 48.5 Å². The standard InChI is InChI=1S/C18H20ClN3O2/c19-15-3-1-14(2-4-15)13-21-11-9-17(10-12-21)20-16-5-7-18(8-6-16)22(23)24/h1-8,17,20H,9-13H2. The second-order valence-corrected chi connectivity index (χ2v) is 6.56. The quantitative estimate of drug-likeness (QED) is 0.647. The van der Waals surface area contributed by atoms with E-state index in [1.807, 2.05) is 12.1 Å². The molecule has 24 heavy (non-hydrogen) atoms. The Morgan fingerprint density at radius 1 is 1.08 bits per heavy atom. The van der Waals surface area contributed by atoms with Crippen LogP contribution in [0.5, 0.6) is 0 Å². The van der Waals surface area contributed by atoms with Crippen molar-refractivity contribution in [2.24, 2.45) is 0 Å². The number of likely N-dealkylation sites (tertiary alicyclic amines) is 1.